The number of hydrogen-bond donors (Lipinski definition) is 1. The first-order valence-corrected chi connectivity index (χ1v) is 6.19. The molecule has 0 aliphatic carbocycles. The van der Waals surface area contributed by atoms with Gasteiger partial charge >= 0.3 is 0 Å². The molecular weight excluding hydrogens is 292 g/mol. The van der Waals surface area contributed by atoms with E-state index in [1.165, 1.54) is 0 Å². The van der Waals surface area contributed by atoms with Crippen molar-refractivity contribution in [2.24, 2.45) is 0 Å². The van der Waals surface area contributed by atoms with Gasteiger partial charge in [-0.1, -0.05) is 12.1 Å². The van der Waals surface area contributed by atoms with Crippen LogP contribution in [0.3, 0.4) is 0 Å². The lowest BCUT2D eigenvalue weighted by molar-refractivity contribution is 1.15. The van der Waals surface area contributed by atoms with Gasteiger partial charge in [0.15, 0.2) is 0 Å². The Labute approximate surface area is 112 Å². The number of nitrogens with zero attached hydrogens (tertiary/aromatic N) is 3. The van der Waals surface area contributed by atoms with Crippen LogP contribution in [0.15, 0.2) is 53.5 Å². The lowest BCUT2D eigenvalue weighted by Crippen LogP contribution is -1.96. The van der Waals surface area contributed by atoms with Crippen molar-refractivity contribution in [3.8, 4) is 0 Å². The summed E-state index contributed by atoms with van der Waals surface area (Å²) in [6.45, 7) is 0. The highest BCUT2D eigenvalue weighted by Gasteiger charge is 2.02. The molecule has 0 saturated heterocycles. The second-order valence-corrected chi connectivity index (χ2v) is 4.67. The predicted molar refractivity (Wildman–Crippen MR) is 74.8 cm³/mol. The maximum absolute atomic E-state index is 4.19. The highest BCUT2D eigenvalue weighted by molar-refractivity contribution is 9.10. The van der Waals surface area contributed by atoms with Gasteiger partial charge in [0, 0.05) is 30.2 Å². The van der Waals surface area contributed by atoms with Crippen molar-refractivity contribution >= 4 is 38.3 Å². The molecule has 4 nitrogen and oxygen atoms in total. The minimum atomic E-state index is 0.564. The Morgan fingerprint density at radius 1 is 1.00 bits per heavy atom. The third-order valence-electron chi connectivity index (χ3n) is 2.55. The van der Waals surface area contributed by atoms with Gasteiger partial charge in [-0.2, -0.15) is 0 Å². The summed E-state index contributed by atoms with van der Waals surface area (Å²) in [6.07, 6.45) is 7.02. The average Bonchev–Trinajstić information content (AvgIpc) is 2.42. The van der Waals surface area contributed by atoms with Gasteiger partial charge in [0.1, 0.15) is 0 Å². The first kappa shape index (κ1) is 11.1. The molecule has 3 rings (SSSR count). The number of benzene rings is 1. The lowest BCUT2D eigenvalue weighted by Gasteiger charge is -2.07. The van der Waals surface area contributed by atoms with Gasteiger partial charge in [0.2, 0.25) is 5.95 Å². The Morgan fingerprint density at radius 3 is 2.67 bits per heavy atom. The Morgan fingerprint density at radius 2 is 1.83 bits per heavy atom. The normalized spacial score (nSPS) is 10.5. The largest absolute Gasteiger partial charge is 0.324 e. The molecule has 2 heterocycles. The molecule has 0 fully saturated rings. The molecule has 0 unspecified atom stereocenters. The van der Waals surface area contributed by atoms with E-state index in [-0.39, 0.29) is 0 Å². The summed E-state index contributed by atoms with van der Waals surface area (Å²) in [7, 11) is 0. The number of anilines is 2. The summed E-state index contributed by atoms with van der Waals surface area (Å²) in [4.78, 5) is 12.5. The van der Waals surface area contributed by atoms with Crippen LogP contribution < -0.4 is 5.32 Å². The molecule has 0 bridgehead atoms. The highest BCUT2D eigenvalue weighted by Crippen LogP contribution is 2.24. The molecule has 0 amide bonds. The summed E-state index contributed by atoms with van der Waals surface area (Å²) in [6, 6.07) is 7.99. The minimum absolute atomic E-state index is 0.564. The maximum atomic E-state index is 4.19. The zero-order chi connectivity index (χ0) is 12.4. The molecule has 88 valence electrons. The summed E-state index contributed by atoms with van der Waals surface area (Å²) in [5.74, 6) is 0.564. The number of aromatic nitrogens is 3. The molecule has 5 heteroatoms. The van der Waals surface area contributed by atoms with Gasteiger partial charge < -0.3 is 5.32 Å². The van der Waals surface area contributed by atoms with E-state index in [2.05, 4.69) is 36.2 Å². The lowest BCUT2D eigenvalue weighted by atomic mass is 10.1. The average molecular weight is 301 g/mol. The number of pyridine rings is 1. The molecule has 0 aliphatic rings. The Bertz CT molecular complexity index is 677. The van der Waals surface area contributed by atoms with E-state index in [0.29, 0.717) is 5.95 Å². The second kappa shape index (κ2) is 4.70. The molecular formula is C13H9BrN4. The number of fused-ring (bicyclic) bond motifs is 1. The molecule has 1 aromatic carbocycles. The SMILES string of the molecule is Brc1cnc(Nc2cccc3ccncc23)nc1. The molecule has 3 aromatic rings. The highest BCUT2D eigenvalue weighted by atomic mass is 79.9. The third-order valence-corrected chi connectivity index (χ3v) is 2.96. The summed E-state index contributed by atoms with van der Waals surface area (Å²) >= 11 is 3.31. The Hall–Kier alpha value is -2.01. The Balaban J connectivity index is 2.02. The van der Waals surface area contributed by atoms with Crippen molar-refractivity contribution in [3.63, 3.8) is 0 Å². The van der Waals surface area contributed by atoms with Crippen LogP contribution in [-0.4, -0.2) is 15.0 Å². The first-order chi connectivity index (χ1) is 8.83. The summed E-state index contributed by atoms with van der Waals surface area (Å²) in [5.41, 5.74) is 0.947. The minimum Gasteiger partial charge on any atom is -0.324 e. The van der Waals surface area contributed by atoms with Gasteiger partial charge in [-0.25, -0.2) is 9.97 Å². The van der Waals surface area contributed by atoms with Crippen LogP contribution in [-0.2, 0) is 0 Å². The van der Waals surface area contributed by atoms with Crippen molar-refractivity contribution in [2.45, 2.75) is 0 Å². The van der Waals surface area contributed by atoms with Gasteiger partial charge in [-0.05, 0) is 33.4 Å². The molecule has 2 aromatic heterocycles. The quantitative estimate of drug-likeness (QED) is 0.786. The molecule has 1 N–H and O–H groups in total. The van der Waals surface area contributed by atoms with Crippen LogP contribution in [0.1, 0.15) is 0 Å². The van der Waals surface area contributed by atoms with Crippen LogP contribution in [0.2, 0.25) is 0 Å². The van der Waals surface area contributed by atoms with E-state index >= 15 is 0 Å². The number of rotatable bonds is 2. The van der Waals surface area contributed by atoms with Crippen LogP contribution in [0, 0.1) is 0 Å². The first-order valence-electron chi connectivity index (χ1n) is 5.40. The third kappa shape index (κ3) is 2.17. The van der Waals surface area contributed by atoms with Crippen molar-refractivity contribution in [2.75, 3.05) is 5.32 Å². The van der Waals surface area contributed by atoms with Crippen LogP contribution in [0.5, 0.6) is 0 Å². The zero-order valence-corrected chi connectivity index (χ0v) is 10.9. The van der Waals surface area contributed by atoms with E-state index < -0.39 is 0 Å². The van der Waals surface area contributed by atoms with Gasteiger partial charge in [0.05, 0.1) is 10.2 Å². The van der Waals surface area contributed by atoms with Crippen molar-refractivity contribution in [3.05, 3.63) is 53.5 Å². The van der Waals surface area contributed by atoms with Crippen LogP contribution in [0.4, 0.5) is 11.6 Å². The monoisotopic (exact) mass is 300 g/mol. The molecule has 0 aliphatic heterocycles. The fourth-order valence-electron chi connectivity index (χ4n) is 1.72. The van der Waals surface area contributed by atoms with Gasteiger partial charge in [-0.15, -0.1) is 0 Å². The summed E-state index contributed by atoms with van der Waals surface area (Å²) in [5, 5.41) is 5.37. The molecule has 0 saturated carbocycles. The molecule has 0 atom stereocenters. The molecule has 0 spiro atoms. The van der Waals surface area contributed by atoms with E-state index in [1.807, 2.05) is 30.5 Å². The van der Waals surface area contributed by atoms with E-state index in [1.54, 1.807) is 18.6 Å². The summed E-state index contributed by atoms with van der Waals surface area (Å²) < 4.78 is 0.854. The number of hydrogen-bond acceptors (Lipinski definition) is 4. The second-order valence-electron chi connectivity index (χ2n) is 3.75. The molecule has 18 heavy (non-hydrogen) atoms. The van der Waals surface area contributed by atoms with Crippen molar-refractivity contribution in [1.82, 2.24) is 15.0 Å². The van der Waals surface area contributed by atoms with E-state index in [0.717, 1.165) is 20.9 Å². The zero-order valence-electron chi connectivity index (χ0n) is 9.34. The standard InChI is InChI=1S/C13H9BrN4/c14-10-6-16-13(17-7-10)18-12-3-1-2-9-4-5-15-8-11(9)12/h1-8H,(H,16,17,18). The fourth-order valence-corrected chi connectivity index (χ4v) is 1.92. The maximum Gasteiger partial charge on any atom is 0.227 e. The van der Waals surface area contributed by atoms with Crippen molar-refractivity contribution in [1.29, 1.82) is 0 Å². The predicted octanol–water partition coefficient (Wildman–Crippen LogP) is 3.53. The van der Waals surface area contributed by atoms with Crippen molar-refractivity contribution < 1.29 is 0 Å². The van der Waals surface area contributed by atoms with E-state index in [4.69, 9.17) is 0 Å². The number of halogens is 1. The smallest absolute Gasteiger partial charge is 0.227 e. The molecule has 0 radical (unpaired) electrons. The Kier molecular flexibility index (Phi) is 2.90. The fraction of sp³-hybridized carbons (Fsp3) is 0. The van der Waals surface area contributed by atoms with E-state index in [9.17, 15) is 0 Å². The topological polar surface area (TPSA) is 50.7 Å². The van der Waals surface area contributed by atoms with Crippen LogP contribution >= 0.6 is 15.9 Å². The number of nitrogens with one attached hydrogen (secondary N) is 1. The van der Waals surface area contributed by atoms with Crippen LogP contribution in [0.25, 0.3) is 10.8 Å². The van der Waals surface area contributed by atoms with Gasteiger partial charge in [-0.3, -0.25) is 4.98 Å². The van der Waals surface area contributed by atoms with Gasteiger partial charge in [0.25, 0.3) is 0 Å².